The SMILES string of the molecule is CCNC(CC)CCC1CCOC1. The summed E-state index contributed by atoms with van der Waals surface area (Å²) in [7, 11) is 0. The third kappa shape index (κ3) is 4.10. The third-order valence-electron chi connectivity index (χ3n) is 2.93. The topological polar surface area (TPSA) is 21.3 Å². The zero-order chi connectivity index (χ0) is 9.52. The van der Waals surface area contributed by atoms with Gasteiger partial charge in [0, 0.05) is 19.3 Å². The van der Waals surface area contributed by atoms with Crippen LogP contribution in [0.1, 0.15) is 39.5 Å². The lowest BCUT2D eigenvalue weighted by Gasteiger charge is -2.17. The molecule has 78 valence electrons. The third-order valence-corrected chi connectivity index (χ3v) is 2.93. The second kappa shape index (κ2) is 6.39. The van der Waals surface area contributed by atoms with Crippen molar-refractivity contribution < 1.29 is 4.74 Å². The summed E-state index contributed by atoms with van der Waals surface area (Å²) in [6, 6.07) is 0.727. The fraction of sp³-hybridized carbons (Fsp3) is 1.00. The Balaban J connectivity index is 2.07. The van der Waals surface area contributed by atoms with Crippen molar-refractivity contribution in [3.8, 4) is 0 Å². The molecule has 0 aromatic rings. The maximum atomic E-state index is 5.36. The molecule has 0 aromatic carbocycles. The predicted molar refractivity (Wildman–Crippen MR) is 55.9 cm³/mol. The minimum absolute atomic E-state index is 0.727. The van der Waals surface area contributed by atoms with E-state index in [-0.39, 0.29) is 0 Å². The highest BCUT2D eigenvalue weighted by Crippen LogP contribution is 2.19. The first-order valence-electron chi connectivity index (χ1n) is 5.68. The van der Waals surface area contributed by atoms with E-state index < -0.39 is 0 Å². The van der Waals surface area contributed by atoms with Gasteiger partial charge in [-0.3, -0.25) is 0 Å². The fourth-order valence-electron chi connectivity index (χ4n) is 1.99. The smallest absolute Gasteiger partial charge is 0.0495 e. The molecule has 0 aromatic heterocycles. The molecule has 0 radical (unpaired) electrons. The van der Waals surface area contributed by atoms with Crippen molar-refractivity contribution in [2.75, 3.05) is 19.8 Å². The number of ether oxygens (including phenoxy) is 1. The standard InChI is InChI=1S/C11H23NO/c1-3-11(12-4-2)6-5-10-7-8-13-9-10/h10-12H,3-9H2,1-2H3. The normalized spacial score (nSPS) is 24.9. The molecule has 0 spiro atoms. The fourth-order valence-corrected chi connectivity index (χ4v) is 1.99. The van der Waals surface area contributed by atoms with Crippen LogP contribution in [0.25, 0.3) is 0 Å². The van der Waals surface area contributed by atoms with Gasteiger partial charge in [0.2, 0.25) is 0 Å². The summed E-state index contributed by atoms with van der Waals surface area (Å²) >= 11 is 0. The second-order valence-corrected chi connectivity index (χ2v) is 3.97. The first-order valence-corrected chi connectivity index (χ1v) is 5.68. The Morgan fingerprint density at radius 1 is 1.46 bits per heavy atom. The Bertz CT molecular complexity index is 121. The first-order chi connectivity index (χ1) is 6.36. The summed E-state index contributed by atoms with van der Waals surface area (Å²) in [5.41, 5.74) is 0. The highest BCUT2D eigenvalue weighted by Gasteiger charge is 2.16. The molecule has 1 N–H and O–H groups in total. The summed E-state index contributed by atoms with van der Waals surface area (Å²) < 4.78 is 5.36. The van der Waals surface area contributed by atoms with Gasteiger partial charge in [-0.25, -0.2) is 0 Å². The average Bonchev–Trinajstić information content (AvgIpc) is 2.64. The molecule has 2 atom stereocenters. The van der Waals surface area contributed by atoms with E-state index >= 15 is 0 Å². The van der Waals surface area contributed by atoms with Crippen LogP contribution in [-0.4, -0.2) is 25.8 Å². The molecule has 1 aliphatic heterocycles. The Morgan fingerprint density at radius 3 is 2.85 bits per heavy atom. The van der Waals surface area contributed by atoms with Gasteiger partial charge in [0.15, 0.2) is 0 Å². The van der Waals surface area contributed by atoms with Crippen LogP contribution in [0.3, 0.4) is 0 Å². The highest BCUT2D eigenvalue weighted by atomic mass is 16.5. The zero-order valence-corrected chi connectivity index (χ0v) is 9.01. The maximum Gasteiger partial charge on any atom is 0.0495 e. The molecule has 1 aliphatic rings. The van der Waals surface area contributed by atoms with Gasteiger partial charge in [0.25, 0.3) is 0 Å². The summed E-state index contributed by atoms with van der Waals surface area (Å²) in [5.74, 6) is 0.840. The van der Waals surface area contributed by atoms with Crippen molar-refractivity contribution in [3.63, 3.8) is 0 Å². The van der Waals surface area contributed by atoms with Crippen molar-refractivity contribution in [2.45, 2.75) is 45.6 Å². The van der Waals surface area contributed by atoms with Crippen LogP contribution in [0, 0.1) is 5.92 Å². The Labute approximate surface area is 82.0 Å². The molecule has 2 heteroatoms. The van der Waals surface area contributed by atoms with Crippen LogP contribution in [0.5, 0.6) is 0 Å². The van der Waals surface area contributed by atoms with E-state index in [1.807, 2.05) is 0 Å². The quantitative estimate of drug-likeness (QED) is 0.685. The van der Waals surface area contributed by atoms with Crippen molar-refractivity contribution in [1.82, 2.24) is 5.32 Å². The van der Waals surface area contributed by atoms with E-state index in [1.165, 1.54) is 25.7 Å². The highest BCUT2D eigenvalue weighted by molar-refractivity contribution is 4.70. The monoisotopic (exact) mass is 185 g/mol. The summed E-state index contributed by atoms with van der Waals surface area (Å²) in [4.78, 5) is 0. The van der Waals surface area contributed by atoms with Crippen LogP contribution in [0.2, 0.25) is 0 Å². The minimum Gasteiger partial charge on any atom is -0.381 e. The Kier molecular flexibility index (Phi) is 5.40. The summed E-state index contributed by atoms with van der Waals surface area (Å²) in [6.45, 7) is 7.53. The molecule has 1 heterocycles. The molecule has 1 rings (SSSR count). The van der Waals surface area contributed by atoms with Crippen molar-refractivity contribution >= 4 is 0 Å². The van der Waals surface area contributed by atoms with Crippen LogP contribution in [0.4, 0.5) is 0 Å². The number of nitrogens with one attached hydrogen (secondary N) is 1. The average molecular weight is 185 g/mol. The van der Waals surface area contributed by atoms with Gasteiger partial charge in [-0.15, -0.1) is 0 Å². The van der Waals surface area contributed by atoms with E-state index in [0.717, 1.165) is 31.7 Å². The molecular formula is C11H23NO. The molecule has 0 amide bonds. The molecule has 2 nitrogen and oxygen atoms in total. The minimum atomic E-state index is 0.727. The van der Waals surface area contributed by atoms with Crippen molar-refractivity contribution in [3.05, 3.63) is 0 Å². The van der Waals surface area contributed by atoms with E-state index in [1.54, 1.807) is 0 Å². The van der Waals surface area contributed by atoms with E-state index in [4.69, 9.17) is 4.74 Å². The van der Waals surface area contributed by atoms with E-state index in [2.05, 4.69) is 19.2 Å². The lowest BCUT2D eigenvalue weighted by atomic mass is 9.98. The molecule has 0 saturated carbocycles. The van der Waals surface area contributed by atoms with Gasteiger partial charge in [-0.1, -0.05) is 13.8 Å². The van der Waals surface area contributed by atoms with Gasteiger partial charge in [-0.2, -0.15) is 0 Å². The van der Waals surface area contributed by atoms with Crippen LogP contribution in [0.15, 0.2) is 0 Å². The van der Waals surface area contributed by atoms with Gasteiger partial charge >= 0.3 is 0 Å². The molecule has 1 saturated heterocycles. The van der Waals surface area contributed by atoms with Gasteiger partial charge in [-0.05, 0) is 38.1 Å². The molecule has 0 aliphatic carbocycles. The molecular weight excluding hydrogens is 162 g/mol. The van der Waals surface area contributed by atoms with Crippen LogP contribution in [-0.2, 0) is 4.74 Å². The Hall–Kier alpha value is -0.0800. The molecule has 1 fully saturated rings. The van der Waals surface area contributed by atoms with E-state index in [9.17, 15) is 0 Å². The molecule has 0 bridgehead atoms. The molecule has 2 unspecified atom stereocenters. The summed E-state index contributed by atoms with van der Waals surface area (Å²) in [6.07, 6.45) is 5.19. The number of rotatable bonds is 6. The largest absolute Gasteiger partial charge is 0.381 e. The van der Waals surface area contributed by atoms with Gasteiger partial charge in [0.05, 0.1) is 0 Å². The van der Waals surface area contributed by atoms with Gasteiger partial charge < -0.3 is 10.1 Å². The van der Waals surface area contributed by atoms with Crippen molar-refractivity contribution in [1.29, 1.82) is 0 Å². The lowest BCUT2D eigenvalue weighted by Crippen LogP contribution is -2.28. The lowest BCUT2D eigenvalue weighted by molar-refractivity contribution is 0.183. The van der Waals surface area contributed by atoms with Gasteiger partial charge in [0.1, 0.15) is 0 Å². The predicted octanol–water partition coefficient (Wildman–Crippen LogP) is 2.19. The summed E-state index contributed by atoms with van der Waals surface area (Å²) in [5, 5.41) is 3.52. The Morgan fingerprint density at radius 2 is 2.31 bits per heavy atom. The first kappa shape index (κ1) is 11.0. The maximum absolute atomic E-state index is 5.36. The number of hydrogen-bond acceptors (Lipinski definition) is 2. The molecule has 13 heavy (non-hydrogen) atoms. The zero-order valence-electron chi connectivity index (χ0n) is 9.01. The number of hydrogen-bond donors (Lipinski definition) is 1. The van der Waals surface area contributed by atoms with E-state index in [0.29, 0.717) is 0 Å². The second-order valence-electron chi connectivity index (χ2n) is 3.97. The van der Waals surface area contributed by atoms with Crippen LogP contribution < -0.4 is 5.32 Å². The van der Waals surface area contributed by atoms with Crippen LogP contribution >= 0.6 is 0 Å². The van der Waals surface area contributed by atoms with Crippen molar-refractivity contribution in [2.24, 2.45) is 5.92 Å².